The van der Waals surface area contributed by atoms with Gasteiger partial charge in [-0.3, -0.25) is 9.69 Å². The largest absolute Gasteiger partial charge is 0.398 e. The first kappa shape index (κ1) is 12.0. The van der Waals surface area contributed by atoms with Crippen LogP contribution in [-0.4, -0.2) is 24.4 Å². The van der Waals surface area contributed by atoms with Crippen LogP contribution in [0.25, 0.3) is 0 Å². The summed E-state index contributed by atoms with van der Waals surface area (Å²) in [5.74, 6) is -0.331. The summed E-state index contributed by atoms with van der Waals surface area (Å²) in [7, 11) is 1.84. The summed E-state index contributed by atoms with van der Waals surface area (Å²) in [6.45, 7) is 0.899. The van der Waals surface area contributed by atoms with Crippen molar-refractivity contribution in [2.24, 2.45) is 5.73 Å². The van der Waals surface area contributed by atoms with Crippen LogP contribution in [0.15, 0.2) is 22.7 Å². The van der Waals surface area contributed by atoms with E-state index in [1.807, 2.05) is 30.1 Å². The minimum atomic E-state index is -0.331. The van der Waals surface area contributed by atoms with Crippen molar-refractivity contribution in [3.05, 3.63) is 28.2 Å². The topological polar surface area (TPSA) is 72.3 Å². The van der Waals surface area contributed by atoms with E-state index < -0.39 is 0 Å². The van der Waals surface area contributed by atoms with Crippen LogP contribution in [0, 0.1) is 0 Å². The number of halogens is 1. The molecule has 82 valence electrons. The lowest BCUT2D eigenvalue weighted by atomic mass is 10.2. The number of likely N-dealkylation sites (N-methyl/N-ethyl adjacent to an activating group) is 1. The van der Waals surface area contributed by atoms with Crippen LogP contribution >= 0.6 is 15.9 Å². The van der Waals surface area contributed by atoms with Gasteiger partial charge in [0.1, 0.15) is 0 Å². The molecule has 0 bridgehead atoms. The molecule has 0 fully saturated rings. The molecule has 0 spiro atoms. The number of benzene rings is 1. The first-order chi connectivity index (χ1) is 6.99. The van der Waals surface area contributed by atoms with Crippen LogP contribution in [0.3, 0.4) is 0 Å². The number of primary amides is 1. The Bertz CT molecular complexity index is 368. The molecular formula is C10H14BrN3O. The highest BCUT2D eigenvalue weighted by molar-refractivity contribution is 9.10. The maximum atomic E-state index is 10.7. The summed E-state index contributed by atoms with van der Waals surface area (Å²) in [6.07, 6.45) is 0. The summed E-state index contributed by atoms with van der Waals surface area (Å²) in [5, 5.41) is 0. The minimum absolute atomic E-state index is 0.246. The fourth-order valence-electron chi connectivity index (χ4n) is 1.33. The van der Waals surface area contributed by atoms with Gasteiger partial charge in [0.2, 0.25) is 5.91 Å². The summed E-state index contributed by atoms with van der Waals surface area (Å²) in [4.78, 5) is 12.5. The van der Waals surface area contributed by atoms with Crippen molar-refractivity contribution in [3.8, 4) is 0 Å². The van der Waals surface area contributed by atoms with E-state index in [0.29, 0.717) is 12.2 Å². The van der Waals surface area contributed by atoms with Crippen molar-refractivity contribution in [1.82, 2.24) is 4.90 Å². The molecule has 1 aromatic carbocycles. The molecule has 0 unspecified atom stereocenters. The average molecular weight is 272 g/mol. The predicted molar refractivity (Wildman–Crippen MR) is 64.1 cm³/mol. The Labute approximate surface area is 97.4 Å². The Morgan fingerprint density at radius 2 is 2.20 bits per heavy atom. The molecule has 1 amide bonds. The van der Waals surface area contributed by atoms with Gasteiger partial charge in [0.15, 0.2) is 0 Å². The molecule has 15 heavy (non-hydrogen) atoms. The van der Waals surface area contributed by atoms with Crippen molar-refractivity contribution < 1.29 is 4.79 Å². The van der Waals surface area contributed by atoms with Crippen LogP contribution in [0.4, 0.5) is 5.69 Å². The number of amides is 1. The highest BCUT2D eigenvalue weighted by Gasteiger charge is 2.04. The Morgan fingerprint density at radius 3 is 2.73 bits per heavy atom. The monoisotopic (exact) mass is 271 g/mol. The Kier molecular flexibility index (Phi) is 4.11. The molecule has 0 radical (unpaired) electrons. The van der Waals surface area contributed by atoms with Gasteiger partial charge in [-0.1, -0.05) is 6.07 Å². The number of nitrogen functional groups attached to an aromatic ring is 1. The number of carbonyl (C=O) groups is 1. The molecule has 4 nitrogen and oxygen atoms in total. The molecule has 0 saturated carbocycles. The molecule has 1 rings (SSSR count). The van der Waals surface area contributed by atoms with Crippen molar-refractivity contribution >= 4 is 27.5 Å². The van der Waals surface area contributed by atoms with Crippen molar-refractivity contribution in [1.29, 1.82) is 0 Å². The number of nitrogens with zero attached hydrogens (tertiary/aromatic N) is 1. The molecule has 0 aliphatic carbocycles. The zero-order chi connectivity index (χ0) is 11.4. The second-order valence-corrected chi connectivity index (χ2v) is 4.35. The zero-order valence-corrected chi connectivity index (χ0v) is 10.1. The van der Waals surface area contributed by atoms with Gasteiger partial charge in [0, 0.05) is 16.7 Å². The fourth-order valence-corrected chi connectivity index (χ4v) is 1.57. The Hall–Kier alpha value is -1.07. The normalized spacial score (nSPS) is 10.6. The van der Waals surface area contributed by atoms with E-state index in [2.05, 4.69) is 15.9 Å². The third-order valence-corrected chi connectivity index (χ3v) is 2.66. The van der Waals surface area contributed by atoms with Crippen molar-refractivity contribution in [3.63, 3.8) is 0 Å². The smallest absolute Gasteiger partial charge is 0.231 e. The number of nitrogens with two attached hydrogens (primary N) is 2. The maximum Gasteiger partial charge on any atom is 0.231 e. The number of anilines is 1. The van der Waals surface area contributed by atoms with Gasteiger partial charge in [-0.05, 0) is 40.7 Å². The summed E-state index contributed by atoms with van der Waals surface area (Å²) in [6, 6.07) is 5.72. The fraction of sp³-hybridized carbons (Fsp3) is 0.300. The SMILES string of the molecule is CN(CC(N)=O)Cc1ccc(Br)c(N)c1. The predicted octanol–water partition coefficient (Wildman–Crippen LogP) is 0.948. The summed E-state index contributed by atoms with van der Waals surface area (Å²) in [5.41, 5.74) is 12.6. The van der Waals surface area contributed by atoms with Gasteiger partial charge in [-0.2, -0.15) is 0 Å². The molecule has 1 aromatic rings. The van der Waals surface area contributed by atoms with E-state index in [1.54, 1.807) is 0 Å². The van der Waals surface area contributed by atoms with E-state index in [4.69, 9.17) is 11.5 Å². The summed E-state index contributed by atoms with van der Waals surface area (Å²) >= 11 is 3.32. The molecule has 0 aliphatic heterocycles. The van der Waals surface area contributed by atoms with Crippen molar-refractivity contribution in [2.75, 3.05) is 19.3 Å². The highest BCUT2D eigenvalue weighted by atomic mass is 79.9. The van der Waals surface area contributed by atoms with Crippen LogP contribution in [0.1, 0.15) is 5.56 Å². The van der Waals surface area contributed by atoms with Gasteiger partial charge in [-0.15, -0.1) is 0 Å². The Morgan fingerprint density at radius 1 is 1.53 bits per heavy atom. The third-order valence-electron chi connectivity index (χ3n) is 1.94. The highest BCUT2D eigenvalue weighted by Crippen LogP contribution is 2.20. The second kappa shape index (κ2) is 5.14. The average Bonchev–Trinajstić information content (AvgIpc) is 2.10. The van der Waals surface area contributed by atoms with Crippen LogP contribution in [0.2, 0.25) is 0 Å². The number of carbonyl (C=O) groups excluding carboxylic acids is 1. The van der Waals surface area contributed by atoms with Gasteiger partial charge < -0.3 is 11.5 Å². The second-order valence-electron chi connectivity index (χ2n) is 3.49. The van der Waals surface area contributed by atoms with Crippen molar-refractivity contribution in [2.45, 2.75) is 6.54 Å². The van der Waals surface area contributed by atoms with Gasteiger partial charge >= 0.3 is 0 Å². The van der Waals surface area contributed by atoms with Gasteiger partial charge in [0.25, 0.3) is 0 Å². The zero-order valence-electron chi connectivity index (χ0n) is 8.53. The molecule has 0 heterocycles. The minimum Gasteiger partial charge on any atom is -0.398 e. The van der Waals surface area contributed by atoms with Crippen LogP contribution < -0.4 is 11.5 Å². The van der Waals surface area contributed by atoms with Gasteiger partial charge in [0.05, 0.1) is 6.54 Å². The third kappa shape index (κ3) is 3.89. The molecular weight excluding hydrogens is 258 g/mol. The molecule has 4 N–H and O–H groups in total. The first-order valence-electron chi connectivity index (χ1n) is 4.50. The van der Waals surface area contributed by atoms with Crippen LogP contribution in [-0.2, 0) is 11.3 Å². The first-order valence-corrected chi connectivity index (χ1v) is 5.29. The van der Waals surface area contributed by atoms with Gasteiger partial charge in [-0.25, -0.2) is 0 Å². The summed E-state index contributed by atoms with van der Waals surface area (Å²) < 4.78 is 0.879. The molecule has 0 aromatic heterocycles. The van der Waals surface area contributed by atoms with Crippen LogP contribution in [0.5, 0.6) is 0 Å². The number of hydrogen-bond acceptors (Lipinski definition) is 3. The van der Waals surface area contributed by atoms with E-state index in [0.717, 1.165) is 10.0 Å². The van der Waals surface area contributed by atoms with E-state index in [9.17, 15) is 4.79 Å². The standard InChI is InChI=1S/C10H14BrN3O/c1-14(6-10(13)15)5-7-2-3-8(11)9(12)4-7/h2-4H,5-6,12H2,1H3,(H2,13,15). The van der Waals surface area contributed by atoms with E-state index >= 15 is 0 Å². The lowest BCUT2D eigenvalue weighted by molar-refractivity contribution is -0.118. The lowest BCUT2D eigenvalue weighted by Crippen LogP contribution is -2.30. The quantitative estimate of drug-likeness (QED) is 0.801. The maximum absolute atomic E-state index is 10.7. The number of hydrogen-bond donors (Lipinski definition) is 2. The van der Waals surface area contributed by atoms with E-state index in [-0.39, 0.29) is 12.5 Å². The Balaban J connectivity index is 2.64. The molecule has 0 atom stereocenters. The lowest BCUT2D eigenvalue weighted by Gasteiger charge is -2.14. The van der Waals surface area contributed by atoms with E-state index in [1.165, 1.54) is 0 Å². The molecule has 0 aliphatic rings. The number of rotatable bonds is 4. The molecule has 0 saturated heterocycles. The molecule has 5 heteroatoms.